The van der Waals surface area contributed by atoms with Crippen molar-refractivity contribution < 1.29 is 14.5 Å². The van der Waals surface area contributed by atoms with E-state index < -0.39 is 16.3 Å². The van der Waals surface area contributed by atoms with Gasteiger partial charge >= 0.3 is 5.97 Å². The Labute approximate surface area is 149 Å². The number of hydrogen-bond donors (Lipinski definition) is 1. The van der Waals surface area contributed by atoms with Crippen LogP contribution in [0.4, 0.5) is 11.4 Å². The van der Waals surface area contributed by atoms with E-state index in [1.807, 2.05) is 4.90 Å². The number of fused-ring (bicyclic) bond motifs is 1. The van der Waals surface area contributed by atoms with Crippen molar-refractivity contribution in [2.24, 2.45) is 7.05 Å². The monoisotopic (exact) mass is 360 g/mol. The first-order chi connectivity index (χ1) is 12.4. The number of aromatic nitrogens is 1. The highest BCUT2D eigenvalue weighted by molar-refractivity contribution is 5.96. The van der Waals surface area contributed by atoms with Crippen molar-refractivity contribution in [2.45, 2.75) is 6.92 Å². The number of ether oxygens (including phenoxy) is 1. The highest BCUT2D eigenvalue weighted by Gasteiger charge is 2.25. The summed E-state index contributed by atoms with van der Waals surface area (Å²) in [6, 6.07) is 2.91. The number of aryl methyl sites for hydroxylation is 1. The Bertz CT molecular complexity index is 931. The number of benzene rings is 1. The molecule has 0 radical (unpaired) electrons. The summed E-state index contributed by atoms with van der Waals surface area (Å²) in [6.45, 7) is 4.53. The molecule has 0 spiro atoms. The molecule has 0 bridgehead atoms. The summed E-state index contributed by atoms with van der Waals surface area (Å²) in [4.78, 5) is 37.7. The minimum atomic E-state index is -0.733. The Kier molecular flexibility index (Phi) is 4.90. The van der Waals surface area contributed by atoms with Gasteiger partial charge in [-0.15, -0.1) is 0 Å². The van der Waals surface area contributed by atoms with Gasteiger partial charge < -0.3 is 19.5 Å². The quantitative estimate of drug-likeness (QED) is 0.493. The van der Waals surface area contributed by atoms with Gasteiger partial charge in [0.05, 0.1) is 22.4 Å². The number of hydrogen-bond acceptors (Lipinski definition) is 7. The molecule has 1 aromatic heterocycles. The Morgan fingerprint density at radius 2 is 2.04 bits per heavy atom. The molecule has 1 aliphatic rings. The maximum Gasteiger partial charge on any atom is 0.343 e. The number of carbonyl (C=O) groups is 1. The summed E-state index contributed by atoms with van der Waals surface area (Å²) in [5.41, 5.74) is 0.167. The Balaban J connectivity index is 2.23. The van der Waals surface area contributed by atoms with Gasteiger partial charge in [-0.1, -0.05) is 0 Å². The average Bonchev–Trinajstić information content (AvgIpc) is 2.64. The molecule has 9 heteroatoms. The highest BCUT2D eigenvalue weighted by Crippen LogP contribution is 2.32. The van der Waals surface area contributed by atoms with Crippen LogP contribution in [0.5, 0.6) is 0 Å². The Morgan fingerprint density at radius 3 is 2.65 bits per heavy atom. The lowest BCUT2D eigenvalue weighted by Gasteiger charge is -2.29. The number of piperazine rings is 1. The lowest BCUT2D eigenvalue weighted by molar-refractivity contribution is -0.384. The Morgan fingerprint density at radius 1 is 1.35 bits per heavy atom. The summed E-state index contributed by atoms with van der Waals surface area (Å²) in [5.74, 6) is -0.733. The highest BCUT2D eigenvalue weighted by atomic mass is 16.6. The Hall–Kier alpha value is -2.94. The fraction of sp³-hybridized carbons (Fsp3) is 0.412. The van der Waals surface area contributed by atoms with E-state index in [1.165, 1.54) is 12.3 Å². The minimum absolute atomic E-state index is 0.128. The number of anilines is 1. The second kappa shape index (κ2) is 7.12. The number of nitrogens with zero attached hydrogens (tertiary/aromatic N) is 3. The summed E-state index contributed by atoms with van der Waals surface area (Å²) < 4.78 is 6.53. The molecule has 3 rings (SSSR count). The molecule has 1 saturated heterocycles. The molecule has 2 aromatic rings. The molecule has 1 fully saturated rings. The van der Waals surface area contributed by atoms with Crippen LogP contribution in [-0.2, 0) is 11.8 Å². The third-order valence-electron chi connectivity index (χ3n) is 4.43. The summed E-state index contributed by atoms with van der Waals surface area (Å²) in [7, 11) is 1.69. The molecule has 26 heavy (non-hydrogen) atoms. The van der Waals surface area contributed by atoms with Gasteiger partial charge in [-0.2, -0.15) is 0 Å². The van der Waals surface area contributed by atoms with E-state index in [2.05, 4.69) is 5.32 Å². The third kappa shape index (κ3) is 3.13. The molecule has 1 aromatic carbocycles. The van der Waals surface area contributed by atoms with E-state index in [0.29, 0.717) is 24.3 Å². The maximum atomic E-state index is 12.7. The van der Waals surface area contributed by atoms with Crippen molar-refractivity contribution in [1.29, 1.82) is 0 Å². The average molecular weight is 360 g/mol. The molecule has 0 unspecified atom stereocenters. The molecule has 0 aliphatic carbocycles. The van der Waals surface area contributed by atoms with Crippen LogP contribution in [-0.4, -0.2) is 48.2 Å². The van der Waals surface area contributed by atoms with Crippen LogP contribution in [0.25, 0.3) is 10.9 Å². The number of nitro benzene ring substituents is 1. The van der Waals surface area contributed by atoms with Gasteiger partial charge in [-0.05, 0) is 13.0 Å². The second-order valence-electron chi connectivity index (χ2n) is 6.06. The summed E-state index contributed by atoms with van der Waals surface area (Å²) >= 11 is 0. The molecular formula is C17H20N4O5. The number of nitro groups is 1. The van der Waals surface area contributed by atoms with Gasteiger partial charge in [0.1, 0.15) is 11.3 Å². The van der Waals surface area contributed by atoms with E-state index in [0.717, 1.165) is 13.1 Å². The fourth-order valence-corrected chi connectivity index (χ4v) is 3.17. The first-order valence-corrected chi connectivity index (χ1v) is 8.38. The first-order valence-electron chi connectivity index (χ1n) is 8.38. The number of carbonyl (C=O) groups excluding carboxylic acids is 1. The predicted octanol–water partition coefficient (Wildman–Crippen LogP) is 1.03. The lowest BCUT2D eigenvalue weighted by atomic mass is 10.1. The summed E-state index contributed by atoms with van der Waals surface area (Å²) in [5, 5.41) is 14.9. The molecule has 1 aliphatic heterocycles. The lowest BCUT2D eigenvalue weighted by Crippen LogP contribution is -2.43. The van der Waals surface area contributed by atoms with Crippen molar-refractivity contribution in [3.63, 3.8) is 0 Å². The number of nitrogens with one attached hydrogen (secondary N) is 1. The molecule has 0 amide bonds. The molecule has 138 valence electrons. The van der Waals surface area contributed by atoms with E-state index >= 15 is 0 Å². The van der Waals surface area contributed by atoms with E-state index in [4.69, 9.17) is 4.74 Å². The van der Waals surface area contributed by atoms with E-state index in [9.17, 15) is 19.7 Å². The maximum absolute atomic E-state index is 12.7. The van der Waals surface area contributed by atoms with Crippen LogP contribution >= 0.6 is 0 Å². The summed E-state index contributed by atoms with van der Waals surface area (Å²) in [6.07, 6.45) is 1.41. The smallest absolute Gasteiger partial charge is 0.343 e. The normalized spacial score (nSPS) is 14.5. The zero-order chi connectivity index (χ0) is 18.8. The van der Waals surface area contributed by atoms with Crippen LogP contribution < -0.4 is 15.6 Å². The minimum Gasteiger partial charge on any atom is -0.462 e. The van der Waals surface area contributed by atoms with Gasteiger partial charge in [0.15, 0.2) is 0 Å². The van der Waals surface area contributed by atoms with Crippen molar-refractivity contribution in [3.05, 3.63) is 44.2 Å². The molecule has 9 nitrogen and oxygen atoms in total. The predicted molar refractivity (Wildman–Crippen MR) is 96.9 cm³/mol. The number of pyridine rings is 1. The molecule has 0 atom stereocenters. The van der Waals surface area contributed by atoms with Gasteiger partial charge in [0.25, 0.3) is 5.69 Å². The molecule has 1 N–H and O–H groups in total. The van der Waals surface area contributed by atoms with Crippen LogP contribution in [0, 0.1) is 10.1 Å². The van der Waals surface area contributed by atoms with Gasteiger partial charge in [-0.3, -0.25) is 14.9 Å². The SMILES string of the molecule is CCOC(=O)c1cn(C)c2cc(N3CCNCC3)c([N+](=O)[O-])cc2c1=O. The zero-order valence-electron chi connectivity index (χ0n) is 14.7. The van der Waals surface area contributed by atoms with Crippen LogP contribution in [0.1, 0.15) is 17.3 Å². The second-order valence-corrected chi connectivity index (χ2v) is 6.06. The van der Waals surface area contributed by atoms with Gasteiger partial charge in [-0.25, -0.2) is 4.79 Å². The standard InChI is InChI=1S/C17H20N4O5/c1-3-26-17(23)12-10-19(2)13-9-14(20-6-4-18-5-7-20)15(21(24)25)8-11(13)16(12)22/h8-10,18H,3-7H2,1-2H3. The van der Waals surface area contributed by atoms with Crippen molar-refractivity contribution in [3.8, 4) is 0 Å². The van der Waals surface area contributed by atoms with Gasteiger partial charge in [0.2, 0.25) is 5.43 Å². The molecular weight excluding hydrogens is 340 g/mol. The van der Waals surface area contributed by atoms with Crippen molar-refractivity contribution >= 4 is 28.2 Å². The van der Waals surface area contributed by atoms with Gasteiger partial charge in [0, 0.05) is 45.5 Å². The van der Waals surface area contributed by atoms with E-state index in [-0.39, 0.29) is 23.2 Å². The topological polar surface area (TPSA) is 107 Å². The van der Waals surface area contributed by atoms with Crippen molar-refractivity contribution in [2.75, 3.05) is 37.7 Å². The van der Waals surface area contributed by atoms with E-state index in [1.54, 1.807) is 24.6 Å². The van der Waals surface area contributed by atoms with Crippen LogP contribution in [0.3, 0.4) is 0 Å². The zero-order valence-corrected chi connectivity index (χ0v) is 14.7. The first kappa shape index (κ1) is 17.9. The van der Waals surface area contributed by atoms with Crippen LogP contribution in [0.2, 0.25) is 0 Å². The largest absolute Gasteiger partial charge is 0.462 e. The number of rotatable bonds is 4. The fourth-order valence-electron chi connectivity index (χ4n) is 3.17. The third-order valence-corrected chi connectivity index (χ3v) is 4.43. The van der Waals surface area contributed by atoms with Crippen molar-refractivity contribution in [1.82, 2.24) is 9.88 Å². The number of esters is 1. The molecule has 2 heterocycles. The van der Waals surface area contributed by atoms with Crippen LogP contribution in [0.15, 0.2) is 23.1 Å². The molecule has 0 saturated carbocycles.